The van der Waals surface area contributed by atoms with Gasteiger partial charge < -0.3 is 9.63 Å². The van der Waals surface area contributed by atoms with Gasteiger partial charge in [-0.1, -0.05) is 0 Å². The fourth-order valence-electron chi connectivity index (χ4n) is 2.63. The van der Waals surface area contributed by atoms with E-state index in [2.05, 4.69) is 0 Å². The topological polar surface area (TPSA) is 133 Å². The van der Waals surface area contributed by atoms with Crippen LogP contribution in [0.4, 0.5) is 11.4 Å². The minimum Gasteiger partial charge on any atom is -0.441 e. The van der Waals surface area contributed by atoms with Gasteiger partial charge in [0.2, 0.25) is 11.5 Å². The van der Waals surface area contributed by atoms with Crippen molar-refractivity contribution in [2.75, 3.05) is 0 Å². The molecular formula is C14H11N2O7P. The number of nitrogens with zero attached hydrogens (tertiary/aromatic N) is 2. The summed E-state index contributed by atoms with van der Waals surface area (Å²) in [6.07, 6.45) is 0. The molecule has 10 heteroatoms. The van der Waals surface area contributed by atoms with Crippen LogP contribution in [0, 0.1) is 34.1 Å². The van der Waals surface area contributed by atoms with Crippen LogP contribution in [0.25, 0.3) is 0 Å². The van der Waals surface area contributed by atoms with Crippen molar-refractivity contribution in [3.8, 4) is 11.5 Å². The summed E-state index contributed by atoms with van der Waals surface area (Å²) in [5.74, 6) is -0.869. The number of ether oxygens (including phenoxy) is 1. The van der Waals surface area contributed by atoms with Crippen LogP contribution < -0.4 is 15.3 Å². The van der Waals surface area contributed by atoms with Crippen molar-refractivity contribution in [2.45, 2.75) is 13.8 Å². The summed E-state index contributed by atoms with van der Waals surface area (Å²) in [6.45, 7) is 3.09. The second-order valence-corrected chi connectivity index (χ2v) is 7.57. The number of hydrogen-bond donors (Lipinski definition) is 1. The Hall–Kier alpha value is -2.77. The van der Waals surface area contributed by atoms with Gasteiger partial charge in [-0.05, 0) is 37.1 Å². The summed E-state index contributed by atoms with van der Waals surface area (Å²) in [4.78, 5) is 31.5. The maximum atomic E-state index is 13.0. The fourth-order valence-corrected chi connectivity index (χ4v) is 4.52. The minimum absolute atomic E-state index is 0.235. The lowest BCUT2D eigenvalue weighted by Crippen LogP contribution is -2.26. The van der Waals surface area contributed by atoms with Crippen molar-refractivity contribution >= 4 is 29.4 Å². The Labute approximate surface area is 135 Å². The van der Waals surface area contributed by atoms with Crippen molar-refractivity contribution in [2.24, 2.45) is 0 Å². The molecule has 1 aliphatic rings. The fraction of sp³-hybridized carbons (Fsp3) is 0.143. The number of rotatable bonds is 2. The van der Waals surface area contributed by atoms with E-state index in [4.69, 9.17) is 4.74 Å². The quantitative estimate of drug-likeness (QED) is 0.499. The van der Waals surface area contributed by atoms with E-state index in [1.54, 1.807) is 13.8 Å². The molecule has 0 saturated heterocycles. The third-order valence-corrected chi connectivity index (χ3v) is 5.61. The van der Waals surface area contributed by atoms with Gasteiger partial charge in [-0.15, -0.1) is 0 Å². The number of nitro benzene ring substituents is 2. The van der Waals surface area contributed by atoms with Gasteiger partial charge in [0.15, 0.2) is 0 Å². The molecule has 1 aliphatic heterocycles. The lowest BCUT2D eigenvalue weighted by atomic mass is 10.2. The summed E-state index contributed by atoms with van der Waals surface area (Å²) in [6, 6.07) is 5.01. The van der Waals surface area contributed by atoms with Gasteiger partial charge in [0, 0.05) is 12.1 Å². The van der Waals surface area contributed by atoms with E-state index in [0.717, 1.165) is 0 Å². The second kappa shape index (κ2) is 5.12. The average molecular weight is 350 g/mol. The Kier molecular flexibility index (Phi) is 3.43. The molecule has 0 aromatic heterocycles. The van der Waals surface area contributed by atoms with Gasteiger partial charge >= 0.3 is 11.4 Å². The van der Waals surface area contributed by atoms with Crippen LogP contribution in [0.5, 0.6) is 11.5 Å². The highest BCUT2D eigenvalue weighted by Crippen LogP contribution is 2.53. The highest BCUT2D eigenvalue weighted by atomic mass is 31.2. The first-order valence-corrected chi connectivity index (χ1v) is 8.38. The molecule has 0 bridgehead atoms. The van der Waals surface area contributed by atoms with Gasteiger partial charge in [-0.2, -0.15) is 0 Å². The Morgan fingerprint density at radius 2 is 1.29 bits per heavy atom. The molecule has 1 heterocycles. The van der Waals surface area contributed by atoms with E-state index in [0.29, 0.717) is 11.1 Å². The summed E-state index contributed by atoms with van der Waals surface area (Å²) in [7, 11) is -4.29. The third kappa shape index (κ3) is 2.26. The maximum Gasteiger partial charge on any atom is 0.312 e. The van der Waals surface area contributed by atoms with E-state index >= 15 is 0 Å². The molecule has 124 valence electrons. The first kappa shape index (κ1) is 16.1. The monoisotopic (exact) mass is 350 g/mol. The lowest BCUT2D eigenvalue weighted by molar-refractivity contribution is -0.387. The number of aryl methyl sites for hydroxylation is 2. The van der Waals surface area contributed by atoms with E-state index in [-0.39, 0.29) is 10.6 Å². The predicted molar refractivity (Wildman–Crippen MR) is 84.8 cm³/mol. The van der Waals surface area contributed by atoms with Crippen LogP contribution in [0.2, 0.25) is 0 Å². The Balaban J connectivity index is 2.41. The van der Waals surface area contributed by atoms with E-state index in [1.807, 2.05) is 0 Å². The molecule has 9 nitrogen and oxygen atoms in total. The van der Waals surface area contributed by atoms with Crippen LogP contribution >= 0.6 is 7.37 Å². The van der Waals surface area contributed by atoms with Gasteiger partial charge in [-0.3, -0.25) is 24.8 Å². The van der Waals surface area contributed by atoms with Gasteiger partial charge in [0.25, 0.3) is 7.37 Å². The summed E-state index contributed by atoms with van der Waals surface area (Å²) < 4.78 is 18.4. The standard InChI is InChI=1S/C14H11N2O7P/c1-7-3-9(15(17)18)13-11(5-7)24(21,22)12-6-8(2)4-10(16(19)20)14(12)23-13/h3-6H,1-2H3,(H,21,22). The minimum atomic E-state index is -4.29. The van der Waals surface area contributed by atoms with Gasteiger partial charge in [-0.25, -0.2) is 0 Å². The average Bonchev–Trinajstić information content (AvgIpc) is 2.47. The first-order valence-electron chi connectivity index (χ1n) is 6.72. The van der Waals surface area contributed by atoms with Crippen LogP contribution in [0.1, 0.15) is 11.1 Å². The van der Waals surface area contributed by atoms with Gasteiger partial charge in [0.05, 0.1) is 20.5 Å². The van der Waals surface area contributed by atoms with Crippen LogP contribution in [-0.4, -0.2) is 14.7 Å². The number of benzene rings is 2. The van der Waals surface area contributed by atoms with Crippen molar-refractivity contribution in [3.05, 3.63) is 55.6 Å². The largest absolute Gasteiger partial charge is 0.441 e. The highest BCUT2D eigenvalue weighted by molar-refractivity contribution is 7.74. The molecule has 0 atom stereocenters. The van der Waals surface area contributed by atoms with Crippen LogP contribution in [0.3, 0.4) is 0 Å². The van der Waals surface area contributed by atoms with Crippen molar-refractivity contribution in [1.82, 2.24) is 0 Å². The van der Waals surface area contributed by atoms with Gasteiger partial charge in [0.1, 0.15) is 0 Å². The molecule has 0 unspecified atom stereocenters. The first-order chi connectivity index (χ1) is 11.1. The molecule has 0 amide bonds. The third-order valence-electron chi connectivity index (χ3n) is 3.64. The molecule has 0 fully saturated rings. The zero-order valence-corrected chi connectivity index (χ0v) is 13.4. The number of nitro groups is 2. The number of fused-ring (bicyclic) bond motifs is 2. The summed E-state index contributed by atoms with van der Waals surface area (Å²) >= 11 is 0. The Morgan fingerprint density at radius 1 is 0.917 bits per heavy atom. The smallest absolute Gasteiger partial charge is 0.312 e. The van der Waals surface area contributed by atoms with E-state index in [1.165, 1.54) is 24.3 Å². The molecule has 2 aromatic carbocycles. The molecule has 2 aromatic rings. The van der Waals surface area contributed by atoms with Crippen LogP contribution in [-0.2, 0) is 4.57 Å². The predicted octanol–water partition coefficient (Wildman–Crippen LogP) is 2.45. The zero-order valence-electron chi connectivity index (χ0n) is 12.5. The Morgan fingerprint density at radius 3 is 1.62 bits per heavy atom. The second-order valence-electron chi connectivity index (χ2n) is 5.46. The molecule has 0 radical (unpaired) electrons. The van der Waals surface area contributed by atoms with Crippen molar-refractivity contribution < 1.29 is 24.0 Å². The van der Waals surface area contributed by atoms with Crippen LogP contribution in [0.15, 0.2) is 24.3 Å². The highest BCUT2D eigenvalue weighted by Gasteiger charge is 2.43. The molecule has 0 spiro atoms. The molecule has 0 aliphatic carbocycles. The Bertz CT molecular complexity index is 897. The van der Waals surface area contributed by atoms with Crippen molar-refractivity contribution in [3.63, 3.8) is 0 Å². The SMILES string of the molecule is Cc1cc([N+](=O)[O-])c2c(c1)P(=O)(O)c1cc(C)cc([N+](=O)[O-])c1O2. The summed E-state index contributed by atoms with van der Waals surface area (Å²) in [5.41, 5.74) is -0.215. The summed E-state index contributed by atoms with van der Waals surface area (Å²) in [5, 5.41) is 22.0. The molecular weight excluding hydrogens is 339 g/mol. The molecule has 24 heavy (non-hydrogen) atoms. The number of hydrogen-bond acceptors (Lipinski definition) is 6. The zero-order chi connectivity index (χ0) is 17.8. The van der Waals surface area contributed by atoms with E-state index in [9.17, 15) is 29.7 Å². The molecule has 3 rings (SSSR count). The molecule has 0 saturated carbocycles. The normalized spacial score (nSPS) is 14.3. The lowest BCUT2D eigenvalue weighted by Gasteiger charge is -2.24. The van der Waals surface area contributed by atoms with Crippen molar-refractivity contribution in [1.29, 1.82) is 0 Å². The maximum absolute atomic E-state index is 13.0. The van der Waals surface area contributed by atoms with E-state index < -0.39 is 40.1 Å². The molecule has 1 N–H and O–H groups in total.